The summed E-state index contributed by atoms with van der Waals surface area (Å²) in [6, 6.07) is 56.9. The maximum absolute atomic E-state index is 6.47. The van der Waals surface area contributed by atoms with Crippen molar-refractivity contribution in [3.63, 3.8) is 0 Å². The van der Waals surface area contributed by atoms with Gasteiger partial charge in [-0.05, 0) is 64.7 Å². The van der Waals surface area contributed by atoms with Crippen molar-refractivity contribution in [3.05, 3.63) is 164 Å². The Morgan fingerprint density at radius 1 is 0.360 bits per heavy atom. The van der Waals surface area contributed by atoms with Crippen LogP contribution in [0.15, 0.2) is 168 Å². The van der Waals surface area contributed by atoms with Gasteiger partial charge < -0.3 is 4.42 Å². The molecule has 0 radical (unpaired) electrons. The molecule has 50 heavy (non-hydrogen) atoms. The molecule has 0 aliphatic heterocycles. The van der Waals surface area contributed by atoms with Crippen molar-refractivity contribution in [1.82, 2.24) is 15.0 Å². The van der Waals surface area contributed by atoms with Gasteiger partial charge in [-0.3, -0.25) is 0 Å². The summed E-state index contributed by atoms with van der Waals surface area (Å²) in [5.74, 6) is 1.79. The summed E-state index contributed by atoms with van der Waals surface area (Å²) in [6.45, 7) is 0. The number of hydrogen-bond acceptors (Lipinski definition) is 5. The zero-order valence-corrected chi connectivity index (χ0v) is 27.6. The van der Waals surface area contributed by atoms with Crippen LogP contribution in [0, 0.1) is 0 Å². The van der Waals surface area contributed by atoms with Crippen LogP contribution in [0.5, 0.6) is 0 Å². The van der Waals surface area contributed by atoms with E-state index in [2.05, 4.69) is 127 Å². The molecule has 10 aromatic rings. The molecule has 0 N–H and O–H groups in total. The van der Waals surface area contributed by atoms with Crippen molar-refractivity contribution in [2.75, 3.05) is 0 Å². The first-order valence-corrected chi connectivity index (χ1v) is 17.4. The Labute approximate surface area is 292 Å². The largest absolute Gasteiger partial charge is 0.455 e. The normalized spacial score (nSPS) is 11.6. The lowest BCUT2D eigenvalue weighted by molar-refractivity contribution is 0.669. The minimum absolute atomic E-state index is 0.567. The third-order valence-electron chi connectivity index (χ3n) is 9.36. The number of fused-ring (bicyclic) bond motifs is 6. The molecule has 0 saturated heterocycles. The van der Waals surface area contributed by atoms with E-state index in [9.17, 15) is 0 Å². The van der Waals surface area contributed by atoms with Gasteiger partial charge in [-0.15, -0.1) is 11.3 Å². The summed E-state index contributed by atoms with van der Waals surface area (Å²) < 4.78 is 8.97. The lowest BCUT2D eigenvalue weighted by atomic mass is 9.95. The standard InChI is InChI=1S/C45H27N3OS/c1-2-12-28(13-3-1)29-14-10-15-30(26-29)32-16-4-5-19-36(32)44-46-43(31-24-25-41-38(27-31)34-18-7-9-23-40(34)50-41)47-45(48-44)37-21-11-20-35-33-17-6-8-22-39(33)49-42(35)37/h1-27H. The Hall–Kier alpha value is -6.43. The summed E-state index contributed by atoms with van der Waals surface area (Å²) in [4.78, 5) is 15.6. The van der Waals surface area contributed by atoms with Crippen molar-refractivity contribution >= 4 is 53.4 Å². The number of furan rings is 1. The molecular formula is C45H27N3OS. The number of hydrogen-bond donors (Lipinski definition) is 0. The lowest BCUT2D eigenvalue weighted by Crippen LogP contribution is -2.01. The van der Waals surface area contributed by atoms with Gasteiger partial charge in [0.25, 0.3) is 0 Å². The van der Waals surface area contributed by atoms with E-state index in [1.54, 1.807) is 11.3 Å². The van der Waals surface area contributed by atoms with Crippen LogP contribution in [-0.4, -0.2) is 15.0 Å². The van der Waals surface area contributed by atoms with Crippen molar-refractivity contribution in [3.8, 4) is 56.4 Å². The maximum atomic E-state index is 6.47. The third-order valence-corrected chi connectivity index (χ3v) is 10.5. The van der Waals surface area contributed by atoms with Gasteiger partial charge in [-0.1, -0.05) is 121 Å². The second kappa shape index (κ2) is 11.6. The molecule has 0 aliphatic rings. The number of benzene rings is 7. The Bertz CT molecular complexity index is 2890. The van der Waals surface area contributed by atoms with Crippen LogP contribution in [-0.2, 0) is 0 Å². The predicted octanol–water partition coefficient (Wildman–Crippen LogP) is 12.5. The fourth-order valence-electron chi connectivity index (χ4n) is 6.96. The molecular weight excluding hydrogens is 631 g/mol. The molecule has 7 aromatic carbocycles. The van der Waals surface area contributed by atoms with Crippen LogP contribution in [0.25, 0.3) is 98.5 Å². The van der Waals surface area contributed by atoms with Gasteiger partial charge in [0, 0.05) is 42.1 Å². The molecule has 0 saturated carbocycles. The summed E-state index contributed by atoms with van der Waals surface area (Å²) in [7, 11) is 0. The van der Waals surface area contributed by atoms with Crippen LogP contribution in [0.4, 0.5) is 0 Å². The van der Waals surface area contributed by atoms with Gasteiger partial charge >= 0.3 is 0 Å². The first kappa shape index (κ1) is 28.6. The molecule has 0 atom stereocenters. The molecule has 0 spiro atoms. The number of rotatable bonds is 5. The number of aromatic nitrogens is 3. The lowest BCUT2D eigenvalue weighted by Gasteiger charge is -2.13. The Morgan fingerprint density at radius 2 is 0.980 bits per heavy atom. The molecule has 234 valence electrons. The van der Waals surface area contributed by atoms with Gasteiger partial charge in [0.15, 0.2) is 17.5 Å². The van der Waals surface area contributed by atoms with E-state index in [1.807, 2.05) is 36.4 Å². The highest BCUT2D eigenvalue weighted by Crippen LogP contribution is 2.39. The molecule has 5 heteroatoms. The van der Waals surface area contributed by atoms with Gasteiger partial charge in [0.05, 0.1) is 5.56 Å². The van der Waals surface area contributed by atoms with Crippen molar-refractivity contribution in [2.45, 2.75) is 0 Å². The van der Waals surface area contributed by atoms with Crippen LogP contribution in [0.1, 0.15) is 0 Å². The third kappa shape index (κ3) is 4.79. The Kier molecular flexibility index (Phi) is 6.64. The second-order valence-electron chi connectivity index (χ2n) is 12.4. The van der Waals surface area contributed by atoms with Crippen LogP contribution in [0.2, 0.25) is 0 Å². The fourth-order valence-corrected chi connectivity index (χ4v) is 8.05. The number of para-hydroxylation sites is 2. The maximum Gasteiger partial charge on any atom is 0.167 e. The molecule has 0 amide bonds. The summed E-state index contributed by atoms with van der Waals surface area (Å²) >= 11 is 1.80. The van der Waals surface area contributed by atoms with Gasteiger partial charge in [0.2, 0.25) is 0 Å². The van der Waals surface area contributed by atoms with Gasteiger partial charge in [-0.2, -0.15) is 0 Å². The predicted molar refractivity (Wildman–Crippen MR) is 207 cm³/mol. The Balaban J connectivity index is 1.20. The molecule has 0 unspecified atom stereocenters. The van der Waals surface area contributed by atoms with Crippen LogP contribution in [0.3, 0.4) is 0 Å². The van der Waals surface area contributed by atoms with Crippen molar-refractivity contribution in [1.29, 1.82) is 0 Å². The second-order valence-corrected chi connectivity index (χ2v) is 13.5. The minimum atomic E-state index is 0.567. The topological polar surface area (TPSA) is 51.8 Å². The molecule has 3 aromatic heterocycles. The van der Waals surface area contributed by atoms with E-state index >= 15 is 0 Å². The van der Waals surface area contributed by atoms with E-state index < -0.39 is 0 Å². The van der Waals surface area contributed by atoms with E-state index in [0.29, 0.717) is 17.5 Å². The highest BCUT2D eigenvalue weighted by Gasteiger charge is 2.20. The molecule has 3 heterocycles. The first-order valence-electron chi connectivity index (χ1n) is 16.6. The SMILES string of the molecule is c1ccc(-c2cccc(-c3ccccc3-c3nc(-c4ccc5sc6ccccc6c5c4)nc(-c4cccc5c4oc4ccccc45)n3)c2)cc1. The average Bonchev–Trinajstić information content (AvgIpc) is 3.76. The van der Waals surface area contributed by atoms with E-state index in [1.165, 1.54) is 25.7 Å². The number of nitrogens with zero attached hydrogens (tertiary/aromatic N) is 3. The van der Waals surface area contributed by atoms with Gasteiger partial charge in [-0.25, -0.2) is 15.0 Å². The van der Waals surface area contributed by atoms with Crippen molar-refractivity contribution in [2.24, 2.45) is 0 Å². The summed E-state index contributed by atoms with van der Waals surface area (Å²) in [5, 5.41) is 4.53. The van der Waals surface area contributed by atoms with E-state index in [-0.39, 0.29) is 0 Å². The summed E-state index contributed by atoms with van der Waals surface area (Å²) in [6.07, 6.45) is 0. The smallest absolute Gasteiger partial charge is 0.167 e. The monoisotopic (exact) mass is 657 g/mol. The molecule has 0 fully saturated rings. The van der Waals surface area contributed by atoms with Crippen molar-refractivity contribution < 1.29 is 4.42 Å². The first-order chi connectivity index (χ1) is 24.8. The molecule has 0 bridgehead atoms. The van der Waals surface area contributed by atoms with E-state index in [0.717, 1.165) is 55.3 Å². The molecule has 4 nitrogen and oxygen atoms in total. The van der Waals surface area contributed by atoms with Crippen LogP contribution < -0.4 is 0 Å². The zero-order valence-electron chi connectivity index (χ0n) is 26.7. The zero-order chi connectivity index (χ0) is 33.0. The molecule has 10 rings (SSSR count). The Morgan fingerprint density at radius 3 is 1.88 bits per heavy atom. The highest BCUT2D eigenvalue weighted by molar-refractivity contribution is 7.25. The van der Waals surface area contributed by atoms with Gasteiger partial charge in [0.1, 0.15) is 11.2 Å². The molecule has 0 aliphatic carbocycles. The fraction of sp³-hybridized carbons (Fsp3) is 0. The number of thiophene rings is 1. The quantitative estimate of drug-likeness (QED) is 0.185. The highest BCUT2D eigenvalue weighted by atomic mass is 32.1. The van der Waals surface area contributed by atoms with E-state index in [4.69, 9.17) is 19.4 Å². The minimum Gasteiger partial charge on any atom is -0.455 e. The summed E-state index contributed by atoms with van der Waals surface area (Å²) in [5.41, 5.74) is 8.77. The average molecular weight is 658 g/mol. The van der Waals surface area contributed by atoms with Crippen LogP contribution >= 0.6 is 11.3 Å².